The fourth-order valence-electron chi connectivity index (χ4n) is 1.47. The Morgan fingerprint density at radius 1 is 1.44 bits per heavy atom. The Hall–Kier alpha value is -1.27. The van der Waals surface area contributed by atoms with Crippen LogP contribution in [0.15, 0.2) is 12.1 Å². The summed E-state index contributed by atoms with van der Waals surface area (Å²) in [5.41, 5.74) is 5.26. The maximum Gasteiger partial charge on any atom is 0.182 e. The first kappa shape index (κ1) is 14.8. The SMILES string of the molecule is CCOC(C)CNc1ccc(C(N)=S)c(F)c1F. The Balaban J connectivity index is 2.79. The Labute approximate surface area is 110 Å². The van der Waals surface area contributed by atoms with E-state index < -0.39 is 11.6 Å². The molecule has 3 nitrogen and oxygen atoms in total. The Morgan fingerprint density at radius 3 is 2.67 bits per heavy atom. The fraction of sp³-hybridized carbons (Fsp3) is 0.417. The molecule has 1 unspecified atom stereocenters. The van der Waals surface area contributed by atoms with Crippen molar-refractivity contribution in [3.8, 4) is 0 Å². The monoisotopic (exact) mass is 274 g/mol. The maximum absolute atomic E-state index is 13.7. The highest BCUT2D eigenvalue weighted by molar-refractivity contribution is 7.80. The van der Waals surface area contributed by atoms with E-state index in [-0.39, 0.29) is 22.3 Å². The third-order valence-corrected chi connectivity index (χ3v) is 2.60. The molecule has 100 valence electrons. The lowest BCUT2D eigenvalue weighted by molar-refractivity contribution is 0.0855. The molecule has 0 aromatic heterocycles. The highest BCUT2D eigenvalue weighted by Gasteiger charge is 2.15. The van der Waals surface area contributed by atoms with Gasteiger partial charge < -0.3 is 15.8 Å². The van der Waals surface area contributed by atoms with Gasteiger partial charge in [-0.2, -0.15) is 0 Å². The number of anilines is 1. The van der Waals surface area contributed by atoms with Gasteiger partial charge in [-0.05, 0) is 26.0 Å². The number of halogens is 2. The maximum atomic E-state index is 13.7. The number of thiocarbonyl (C=S) groups is 1. The molecule has 1 rings (SSSR count). The fourth-order valence-corrected chi connectivity index (χ4v) is 1.63. The summed E-state index contributed by atoms with van der Waals surface area (Å²) in [4.78, 5) is -0.166. The zero-order valence-corrected chi connectivity index (χ0v) is 11.1. The average molecular weight is 274 g/mol. The van der Waals surface area contributed by atoms with E-state index in [4.69, 9.17) is 10.5 Å². The van der Waals surface area contributed by atoms with Crippen molar-refractivity contribution in [1.82, 2.24) is 0 Å². The summed E-state index contributed by atoms with van der Waals surface area (Å²) in [7, 11) is 0. The molecule has 0 saturated heterocycles. The van der Waals surface area contributed by atoms with Crippen molar-refractivity contribution in [2.24, 2.45) is 5.73 Å². The molecule has 0 bridgehead atoms. The third kappa shape index (κ3) is 3.61. The van der Waals surface area contributed by atoms with Crippen LogP contribution < -0.4 is 11.1 Å². The number of hydrogen-bond acceptors (Lipinski definition) is 3. The van der Waals surface area contributed by atoms with Crippen LogP contribution in [-0.4, -0.2) is 24.2 Å². The van der Waals surface area contributed by atoms with E-state index in [1.54, 1.807) is 0 Å². The Morgan fingerprint density at radius 2 is 2.11 bits per heavy atom. The van der Waals surface area contributed by atoms with Crippen molar-refractivity contribution >= 4 is 22.9 Å². The van der Waals surface area contributed by atoms with E-state index in [2.05, 4.69) is 17.5 Å². The molecule has 0 radical (unpaired) electrons. The number of benzene rings is 1. The molecule has 0 spiro atoms. The number of rotatable bonds is 6. The summed E-state index contributed by atoms with van der Waals surface area (Å²) in [6.07, 6.45) is -0.0901. The number of nitrogens with two attached hydrogens (primary N) is 1. The molecule has 0 aliphatic rings. The number of ether oxygens (including phenoxy) is 1. The minimum atomic E-state index is -1.03. The normalized spacial score (nSPS) is 12.2. The van der Waals surface area contributed by atoms with E-state index in [0.29, 0.717) is 13.2 Å². The largest absolute Gasteiger partial charge is 0.389 e. The molecule has 3 N–H and O–H groups in total. The van der Waals surface area contributed by atoms with Crippen LogP contribution in [0.25, 0.3) is 0 Å². The van der Waals surface area contributed by atoms with Gasteiger partial charge in [0.05, 0.1) is 11.8 Å². The second-order valence-corrected chi connectivity index (χ2v) is 4.24. The van der Waals surface area contributed by atoms with E-state index in [9.17, 15) is 8.78 Å². The van der Waals surface area contributed by atoms with Gasteiger partial charge in [0.25, 0.3) is 0 Å². The minimum Gasteiger partial charge on any atom is -0.389 e. The Bertz CT molecular complexity index is 440. The van der Waals surface area contributed by atoms with Crippen molar-refractivity contribution in [2.75, 3.05) is 18.5 Å². The van der Waals surface area contributed by atoms with Crippen LogP contribution in [0.4, 0.5) is 14.5 Å². The van der Waals surface area contributed by atoms with E-state index in [1.165, 1.54) is 12.1 Å². The van der Waals surface area contributed by atoms with Crippen molar-refractivity contribution in [2.45, 2.75) is 20.0 Å². The smallest absolute Gasteiger partial charge is 0.182 e. The molecular formula is C12H16F2N2OS. The lowest BCUT2D eigenvalue weighted by Crippen LogP contribution is -2.21. The molecule has 0 heterocycles. The van der Waals surface area contributed by atoms with Crippen molar-refractivity contribution in [1.29, 1.82) is 0 Å². The van der Waals surface area contributed by atoms with Crippen LogP contribution in [0.2, 0.25) is 0 Å². The van der Waals surface area contributed by atoms with Gasteiger partial charge >= 0.3 is 0 Å². The van der Waals surface area contributed by atoms with Crippen LogP contribution in [0.1, 0.15) is 19.4 Å². The first-order chi connectivity index (χ1) is 8.47. The molecular weight excluding hydrogens is 258 g/mol. The van der Waals surface area contributed by atoms with Gasteiger partial charge in [-0.3, -0.25) is 0 Å². The van der Waals surface area contributed by atoms with E-state index >= 15 is 0 Å². The zero-order chi connectivity index (χ0) is 13.7. The first-order valence-electron chi connectivity index (χ1n) is 5.60. The molecule has 18 heavy (non-hydrogen) atoms. The van der Waals surface area contributed by atoms with Crippen molar-refractivity contribution < 1.29 is 13.5 Å². The molecule has 0 aliphatic carbocycles. The van der Waals surface area contributed by atoms with Gasteiger partial charge in [0, 0.05) is 18.7 Å². The highest BCUT2D eigenvalue weighted by Crippen LogP contribution is 2.20. The van der Waals surface area contributed by atoms with Gasteiger partial charge in [0.15, 0.2) is 11.6 Å². The summed E-state index contributed by atoms with van der Waals surface area (Å²) < 4.78 is 32.5. The van der Waals surface area contributed by atoms with E-state index in [1.807, 2.05) is 13.8 Å². The number of hydrogen-bond donors (Lipinski definition) is 2. The second kappa shape index (κ2) is 6.61. The molecule has 1 aromatic carbocycles. The van der Waals surface area contributed by atoms with Gasteiger partial charge in [-0.1, -0.05) is 12.2 Å². The minimum absolute atomic E-state index is 0.0686. The second-order valence-electron chi connectivity index (χ2n) is 3.80. The summed E-state index contributed by atoms with van der Waals surface area (Å²) >= 11 is 4.62. The third-order valence-electron chi connectivity index (χ3n) is 2.38. The average Bonchev–Trinajstić information content (AvgIpc) is 2.31. The highest BCUT2D eigenvalue weighted by atomic mass is 32.1. The van der Waals surface area contributed by atoms with Crippen LogP contribution in [-0.2, 0) is 4.74 Å². The molecule has 0 fully saturated rings. The summed E-state index contributed by atoms with van der Waals surface area (Å²) in [5, 5.41) is 2.78. The van der Waals surface area contributed by atoms with Gasteiger partial charge in [-0.15, -0.1) is 0 Å². The predicted octanol–water partition coefficient (Wildman–Crippen LogP) is 2.44. The van der Waals surface area contributed by atoms with Crippen molar-refractivity contribution in [3.63, 3.8) is 0 Å². The van der Waals surface area contributed by atoms with Crippen LogP contribution in [0.3, 0.4) is 0 Å². The quantitative estimate of drug-likeness (QED) is 0.782. The molecule has 0 amide bonds. The van der Waals surface area contributed by atoms with Crippen molar-refractivity contribution in [3.05, 3.63) is 29.3 Å². The van der Waals surface area contributed by atoms with Gasteiger partial charge in [0.2, 0.25) is 0 Å². The topological polar surface area (TPSA) is 47.3 Å². The zero-order valence-electron chi connectivity index (χ0n) is 10.3. The number of nitrogens with one attached hydrogen (secondary N) is 1. The summed E-state index contributed by atoms with van der Waals surface area (Å²) in [5.74, 6) is -2.01. The molecule has 0 aliphatic heterocycles. The van der Waals surface area contributed by atoms with E-state index in [0.717, 1.165) is 0 Å². The van der Waals surface area contributed by atoms with Crippen LogP contribution in [0.5, 0.6) is 0 Å². The first-order valence-corrected chi connectivity index (χ1v) is 6.01. The molecule has 1 atom stereocenters. The lowest BCUT2D eigenvalue weighted by Gasteiger charge is -2.14. The van der Waals surface area contributed by atoms with Gasteiger partial charge in [0.1, 0.15) is 4.99 Å². The van der Waals surface area contributed by atoms with Gasteiger partial charge in [-0.25, -0.2) is 8.78 Å². The standard InChI is InChI=1S/C12H16F2N2OS/c1-3-17-7(2)6-16-9-5-4-8(12(15)18)10(13)11(9)14/h4-5,7,16H,3,6H2,1-2H3,(H2,15,18). The Kier molecular flexibility index (Phi) is 5.43. The molecule has 0 saturated carbocycles. The lowest BCUT2D eigenvalue weighted by atomic mass is 10.1. The predicted molar refractivity (Wildman–Crippen MR) is 71.8 cm³/mol. The summed E-state index contributed by atoms with van der Waals surface area (Å²) in [6.45, 7) is 4.67. The molecule has 1 aromatic rings. The molecule has 6 heteroatoms. The summed E-state index contributed by atoms with van der Waals surface area (Å²) in [6, 6.07) is 2.76. The van der Waals surface area contributed by atoms with Crippen LogP contribution >= 0.6 is 12.2 Å². The van der Waals surface area contributed by atoms with Crippen LogP contribution in [0, 0.1) is 11.6 Å².